The van der Waals surface area contributed by atoms with E-state index in [9.17, 15) is 4.79 Å². The first-order chi connectivity index (χ1) is 14.0. The number of benzene rings is 1. The summed E-state index contributed by atoms with van der Waals surface area (Å²) in [6, 6.07) is 11.6. The number of aryl methyl sites for hydroxylation is 2. The lowest BCUT2D eigenvalue weighted by molar-refractivity contribution is 0.0950. The highest BCUT2D eigenvalue weighted by Gasteiger charge is 2.20. The van der Waals surface area contributed by atoms with Gasteiger partial charge < -0.3 is 9.84 Å². The Hall–Kier alpha value is -3.81. The summed E-state index contributed by atoms with van der Waals surface area (Å²) in [5.74, 6) is 1.21. The van der Waals surface area contributed by atoms with Gasteiger partial charge >= 0.3 is 0 Å². The molecule has 1 amide bonds. The molecule has 4 aromatic rings. The number of carbonyl (C=O) groups excluding carboxylic acids is 1. The number of carbonyl (C=O) groups is 1. The molecule has 146 valence electrons. The van der Waals surface area contributed by atoms with E-state index in [4.69, 9.17) is 4.52 Å². The number of pyridine rings is 1. The molecule has 8 heteroatoms. The van der Waals surface area contributed by atoms with E-state index in [-0.39, 0.29) is 5.91 Å². The normalized spacial score (nSPS) is 10.9. The molecule has 0 fully saturated rings. The monoisotopic (exact) mass is 388 g/mol. The molecule has 0 aliphatic carbocycles. The molecule has 0 unspecified atom stereocenters. The van der Waals surface area contributed by atoms with E-state index in [0.717, 1.165) is 11.1 Å². The lowest BCUT2D eigenvalue weighted by Crippen LogP contribution is -2.23. The highest BCUT2D eigenvalue weighted by Crippen LogP contribution is 2.24. The fourth-order valence-corrected chi connectivity index (χ4v) is 3.06. The molecule has 29 heavy (non-hydrogen) atoms. The minimum absolute atomic E-state index is 0.192. The number of rotatable bonds is 5. The molecule has 4 rings (SSSR count). The largest absolute Gasteiger partial charge is 0.348 e. The molecule has 1 aromatic carbocycles. The Morgan fingerprint density at radius 2 is 1.97 bits per heavy atom. The van der Waals surface area contributed by atoms with Crippen LogP contribution in [0, 0.1) is 20.8 Å². The van der Waals surface area contributed by atoms with E-state index in [1.807, 2.05) is 44.2 Å². The minimum atomic E-state index is -0.192. The molecule has 0 saturated carbocycles. The predicted octanol–water partition coefficient (Wildman–Crippen LogP) is 3.17. The number of nitrogens with zero attached hydrogens (tertiary/aromatic N) is 5. The Balaban J connectivity index is 1.61. The third-order valence-electron chi connectivity index (χ3n) is 4.70. The van der Waals surface area contributed by atoms with Gasteiger partial charge in [0.15, 0.2) is 11.6 Å². The summed E-state index contributed by atoms with van der Waals surface area (Å²) >= 11 is 0. The van der Waals surface area contributed by atoms with E-state index < -0.39 is 0 Å². The van der Waals surface area contributed by atoms with Crippen molar-refractivity contribution in [2.75, 3.05) is 0 Å². The number of aromatic nitrogens is 5. The summed E-state index contributed by atoms with van der Waals surface area (Å²) in [5.41, 5.74) is 4.00. The van der Waals surface area contributed by atoms with Crippen LogP contribution >= 0.6 is 0 Å². The minimum Gasteiger partial charge on any atom is -0.348 e. The molecule has 0 radical (unpaired) electrons. The van der Waals surface area contributed by atoms with Gasteiger partial charge in [0.1, 0.15) is 0 Å². The molecule has 8 nitrogen and oxygen atoms in total. The zero-order valence-corrected chi connectivity index (χ0v) is 16.4. The topological polar surface area (TPSA) is 98.7 Å². The van der Waals surface area contributed by atoms with Gasteiger partial charge in [-0.2, -0.15) is 10.1 Å². The van der Waals surface area contributed by atoms with Crippen LogP contribution in [0.1, 0.15) is 33.0 Å². The summed E-state index contributed by atoms with van der Waals surface area (Å²) in [7, 11) is 0. The summed E-state index contributed by atoms with van der Waals surface area (Å²) in [6.07, 6.45) is 3.20. The molecular weight excluding hydrogens is 368 g/mol. The van der Waals surface area contributed by atoms with Crippen LogP contribution in [-0.2, 0) is 6.54 Å². The Kier molecular flexibility index (Phi) is 4.90. The number of nitrogens with one attached hydrogen (secondary N) is 1. The van der Waals surface area contributed by atoms with Crippen molar-refractivity contribution in [3.8, 4) is 17.3 Å². The van der Waals surface area contributed by atoms with Gasteiger partial charge in [-0.15, -0.1) is 0 Å². The van der Waals surface area contributed by atoms with E-state index in [1.165, 1.54) is 0 Å². The Morgan fingerprint density at radius 3 is 2.72 bits per heavy atom. The summed E-state index contributed by atoms with van der Waals surface area (Å²) in [5, 5.41) is 11.2. The van der Waals surface area contributed by atoms with Crippen molar-refractivity contribution in [2.45, 2.75) is 27.3 Å². The molecule has 0 atom stereocenters. The van der Waals surface area contributed by atoms with Gasteiger partial charge in [-0.1, -0.05) is 29.4 Å². The molecule has 0 saturated heterocycles. The Labute approximate surface area is 167 Å². The van der Waals surface area contributed by atoms with Crippen LogP contribution in [0.2, 0.25) is 0 Å². The SMILES string of the molecule is Cc1noc(-c2cccnc2-n2ncc(C(=O)NCc3ccccc3C)c2C)n1. The second-order valence-electron chi connectivity index (χ2n) is 6.69. The highest BCUT2D eigenvalue weighted by atomic mass is 16.5. The lowest BCUT2D eigenvalue weighted by atomic mass is 10.1. The maximum atomic E-state index is 12.7. The van der Waals surface area contributed by atoms with Crippen LogP contribution in [0.15, 0.2) is 53.3 Å². The lowest BCUT2D eigenvalue weighted by Gasteiger charge is -2.09. The first-order valence-electron chi connectivity index (χ1n) is 9.18. The zero-order valence-electron chi connectivity index (χ0n) is 16.4. The van der Waals surface area contributed by atoms with Gasteiger partial charge in [-0.25, -0.2) is 9.67 Å². The van der Waals surface area contributed by atoms with Crippen LogP contribution < -0.4 is 5.32 Å². The van der Waals surface area contributed by atoms with Crippen molar-refractivity contribution in [3.63, 3.8) is 0 Å². The number of amides is 1. The average molecular weight is 388 g/mol. The van der Waals surface area contributed by atoms with E-state index in [0.29, 0.717) is 40.9 Å². The summed E-state index contributed by atoms with van der Waals surface area (Å²) in [4.78, 5) is 21.4. The Morgan fingerprint density at radius 1 is 1.14 bits per heavy atom. The quantitative estimate of drug-likeness (QED) is 0.564. The van der Waals surface area contributed by atoms with Gasteiger partial charge in [0.25, 0.3) is 11.8 Å². The van der Waals surface area contributed by atoms with Crippen molar-refractivity contribution >= 4 is 5.91 Å². The van der Waals surface area contributed by atoms with Crippen LogP contribution in [0.4, 0.5) is 0 Å². The maximum absolute atomic E-state index is 12.7. The van der Waals surface area contributed by atoms with Crippen molar-refractivity contribution in [1.82, 2.24) is 30.2 Å². The molecule has 0 bridgehead atoms. The molecule has 3 heterocycles. The third kappa shape index (κ3) is 3.64. The van der Waals surface area contributed by atoms with Gasteiger partial charge in [-0.3, -0.25) is 4.79 Å². The molecule has 0 aliphatic heterocycles. The second-order valence-corrected chi connectivity index (χ2v) is 6.69. The standard InChI is InChI=1S/C21H20N6O2/c1-13-7-4-5-8-16(13)11-23-20(28)18-12-24-27(14(18)2)19-17(9-6-10-22-19)21-25-15(3)26-29-21/h4-10,12H,11H2,1-3H3,(H,23,28). The maximum Gasteiger partial charge on any atom is 0.261 e. The van der Waals surface area contributed by atoms with E-state index in [1.54, 1.807) is 30.1 Å². The van der Waals surface area contributed by atoms with E-state index >= 15 is 0 Å². The second kappa shape index (κ2) is 7.67. The smallest absolute Gasteiger partial charge is 0.261 e. The van der Waals surface area contributed by atoms with Crippen LogP contribution in [0.5, 0.6) is 0 Å². The van der Waals surface area contributed by atoms with Gasteiger partial charge in [-0.05, 0) is 44.0 Å². The van der Waals surface area contributed by atoms with Gasteiger partial charge in [0.05, 0.1) is 23.0 Å². The predicted molar refractivity (Wildman–Crippen MR) is 106 cm³/mol. The third-order valence-corrected chi connectivity index (χ3v) is 4.70. The molecular formula is C21H20N6O2. The van der Waals surface area contributed by atoms with Crippen LogP contribution in [-0.4, -0.2) is 30.8 Å². The Bertz CT molecular complexity index is 1180. The van der Waals surface area contributed by atoms with Crippen molar-refractivity contribution in [2.24, 2.45) is 0 Å². The first kappa shape index (κ1) is 18.5. The number of hydrogen-bond donors (Lipinski definition) is 1. The average Bonchev–Trinajstić information content (AvgIpc) is 3.33. The molecule has 3 aromatic heterocycles. The molecule has 0 aliphatic rings. The molecule has 1 N–H and O–H groups in total. The zero-order chi connectivity index (χ0) is 20.4. The molecule has 0 spiro atoms. The summed E-state index contributed by atoms with van der Waals surface area (Å²) in [6.45, 7) is 6.05. The fourth-order valence-electron chi connectivity index (χ4n) is 3.06. The number of hydrogen-bond acceptors (Lipinski definition) is 6. The van der Waals surface area contributed by atoms with Crippen LogP contribution in [0.3, 0.4) is 0 Å². The summed E-state index contributed by atoms with van der Waals surface area (Å²) < 4.78 is 6.89. The van der Waals surface area contributed by atoms with Crippen molar-refractivity contribution in [1.29, 1.82) is 0 Å². The fraction of sp³-hybridized carbons (Fsp3) is 0.190. The van der Waals surface area contributed by atoms with Gasteiger partial charge in [0, 0.05) is 12.7 Å². The first-order valence-corrected chi connectivity index (χ1v) is 9.18. The van der Waals surface area contributed by atoms with Crippen molar-refractivity contribution < 1.29 is 9.32 Å². The van der Waals surface area contributed by atoms with Gasteiger partial charge in [0.2, 0.25) is 0 Å². The van der Waals surface area contributed by atoms with Crippen LogP contribution in [0.25, 0.3) is 17.3 Å². The highest BCUT2D eigenvalue weighted by molar-refractivity contribution is 5.95. The van der Waals surface area contributed by atoms with Crippen molar-refractivity contribution in [3.05, 3.63) is 77.0 Å². The van der Waals surface area contributed by atoms with E-state index in [2.05, 4.69) is 25.5 Å².